The number of ether oxygens (including phenoxy) is 1. The van der Waals surface area contributed by atoms with E-state index in [1.807, 2.05) is 11.8 Å². The number of methoxy groups -OCH3 is 1. The van der Waals surface area contributed by atoms with Gasteiger partial charge in [0.05, 0.1) is 7.11 Å². The van der Waals surface area contributed by atoms with Crippen LogP contribution in [-0.2, 0) is 5.75 Å². The van der Waals surface area contributed by atoms with Crippen LogP contribution in [0.25, 0.3) is 0 Å². The largest absolute Gasteiger partial charge is 0.496 e. The van der Waals surface area contributed by atoms with Crippen molar-refractivity contribution in [1.29, 1.82) is 0 Å². The lowest BCUT2D eigenvalue weighted by Gasteiger charge is -2.23. The number of hydrogen-bond donors (Lipinski definition) is 1. The van der Waals surface area contributed by atoms with E-state index in [9.17, 15) is 0 Å². The van der Waals surface area contributed by atoms with E-state index in [0.717, 1.165) is 18.0 Å². The third kappa shape index (κ3) is 3.26. The molecule has 0 bridgehead atoms. The fraction of sp³-hybridized carbons (Fsp3) is 0.625. The highest BCUT2D eigenvalue weighted by Crippen LogP contribution is 2.40. The smallest absolute Gasteiger partial charge is 0.123 e. The Morgan fingerprint density at radius 3 is 2.89 bits per heavy atom. The highest BCUT2D eigenvalue weighted by atomic mass is 32.2. The van der Waals surface area contributed by atoms with Gasteiger partial charge in [0.2, 0.25) is 0 Å². The summed E-state index contributed by atoms with van der Waals surface area (Å²) in [7, 11) is 1.78. The SMILES string of the molecule is CCCNC1CC(C)SCc2c(OC)ccc(C)c21. The van der Waals surface area contributed by atoms with Gasteiger partial charge < -0.3 is 10.1 Å². The summed E-state index contributed by atoms with van der Waals surface area (Å²) in [6.07, 6.45) is 2.38. The van der Waals surface area contributed by atoms with Crippen molar-refractivity contribution in [2.45, 2.75) is 50.7 Å². The molecule has 0 saturated heterocycles. The fourth-order valence-electron chi connectivity index (χ4n) is 2.83. The molecule has 0 saturated carbocycles. The molecule has 0 fully saturated rings. The summed E-state index contributed by atoms with van der Waals surface area (Å²) < 4.78 is 5.57. The number of aryl methyl sites for hydroxylation is 1. The first-order valence-electron chi connectivity index (χ1n) is 7.18. The number of rotatable bonds is 4. The Hall–Kier alpha value is -0.670. The Kier molecular flexibility index (Phi) is 5.17. The minimum Gasteiger partial charge on any atom is -0.496 e. The summed E-state index contributed by atoms with van der Waals surface area (Å²) in [5, 5.41) is 4.41. The second-order valence-corrected chi connectivity index (χ2v) is 6.77. The van der Waals surface area contributed by atoms with Crippen molar-refractivity contribution in [3.63, 3.8) is 0 Å². The summed E-state index contributed by atoms with van der Waals surface area (Å²) >= 11 is 2.04. The van der Waals surface area contributed by atoms with Crippen molar-refractivity contribution in [1.82, 2.24) is 5.32 Å². The van der Waals surface area contributed by atoms with Crippen LogP contribution in [0.4, 0.5) is 0 Å². The minimum absolute atomic E-state index is 0.468. The van der Waals surface area contributed by atoms with Gasteiger partial charge >= 0.3 is 0 Å². The summed E-state index contributed by atoms with van der Waals surface area (Å²) in [5.74, 6) is 2.11. The minimum atomic E-state index is 0.468. The van der Waals surface area contributed by atoms with Crippen LogP contribution in [0.2, 0.25) is 0 Å². The van der Waals surface area contributed by atoms with Crippen molar-refractivity contribution >= 4 is 11.8 Å². The maximum atomic E-state index is 5.57. The molecule has 1 aromatic carbocycles. The zero-order valence-electron chi connectivity index (χ0n) is 12.5. The van der Waals surface area contributed by atoms with Crippen LogP contribution < -0.4 is 10.1 Å². The zero-order valence-corrected chi connectivity index (χ0v) is 13.3. The van der Waals surface area contributed by atoms with Crippen LogP contribution in [0.1, 0.15) is 49.4 Å². The molecule has 0 spiro atoms. The quantitative estimate of drug-likeness (QED) is 0.897. The first-order valence-corrected chi connectivity index (χ1v) is 8.23. The molecule has 2 unspecified atom stereocenters. The van der Waals surface area contributed by atoms with E-state index < -0.39 is 0 Å². The van der Waals surface area contributed by atoms with E-state index in [1.54, 1.807) is 7.11 Å². The molecule has 1 aliphatic heterocycles. The lowest BCUT2D eigenvalue weighted by molar-refractivity contribution is 0.408. The van der Waals surface area contributed by atoms with E-state index in [4.69, 9.17) is 4.74 Å². The van der Waals surface area contributed by atoms with Gasteiger partial charge in [0.25, 0.3) is 0 Å². The molecule has 106 valence electrons. The van der Waals surface area contributed by atoms with Crippen molar-refractivity contribution in [3.8, 4) is 5.75 Å². The lowest BCUT2D eigenvalue weighted by atomic mass is 9.92. The highest BCUT2D eigenvalue weighted by molar-refractivity contribution is 7.99. The number of nitrogens with one attached hydrogen (secondary N) is 1. The molecule has 0 amide bonds. The highest BCUT2D eigenvalue weighted by Gasteiger charge is 2.26. The standard InChI is InChI=1S/C16H25NOS/c1-5-8-17-14-9-12(3)19-10-13-15(18-4)7-6-11(2)16(13)14/h6-7,12,14,17H,5,8-10H2,1-4H3. The van der Waals surface area contributed by atoms with Gasteiger partial charge in [-0.05, 0) is 43.5 Å². The van der Waals surface area contributed by atoms with Crippen LogP contribution in [0.5, 0.6) is 5.75 Å². The van der Waals surface area contributed by atoms with Crippen LogP contribution in [0, 0.1) is 6.92 Å². The molecule has 0 radical (unpaired) electrons. The van der Waals surface area contributed by atoms with Gasteiger partial charge in [-0.3, -0.25) is 0 Å². The maximum absolute atomic E-state index is 5.57. The number of benzene rings is 1. The van der Waals surface area contributed by atoms with Crippen LogP contribution >= 0.6 is 11.8 Å². The fourth-order valence-corrected chi connectivity index (χ4v) is 3.91. The number of thioether (sulfide) groups is 1. The Morgan fingerprint density at radius 1 is 1.42 bits per heavy atom. The predicted molar refractivity (Wildman–Crippen MR) is 84.1 cm³/mol. The molecule has 1 heterocycles. The molecule has 2 nitrogen and oxygen atoms in total. The summed E-state index contributed by atoms with van der Waals surface area (Å²) in [5.41, 5.74) is 4.26. The van der Waals surface area contributed by atoms with Gasteiger partial charge in [-0.1, -0.05) is 19.9 Å². The molecular weight excluding hydrogens is 254 g/mol. The lowest BCUT2D eigenvalue weighted by Crippen LogP contribution is -2.25. The average Bonchev–Trinajstić information content (AvgIpc) is 2.57. The van der Waals surface area contributed by atoms with Crippen molar-refractivity contribution in [3.05, 3.63) is 28.8 Å². The van der Waals surface area contributed by atoms with Crippen LogP contribution in [0.15, 0.2) is 12.1 Å². The number of hydrogen-bond acceptors (Lipinski definition) is 3. The molecule has 0 aromatic heterocycles. The Morgan fingerprint density at radius 2 is 2.21 bits per heavy atom. The topological polar surface area (TPSA) is 21.3 Å². The van der Waals surface area contributed by atoms with E-state index in [0.29, 0.717) is 11.3 Å². The molecule has 0 aliphatic carbocycles. The summed E-state index contributed by atoms with van der Waals surface area (Å²) in [6, 6.07) is 4.77. The Balaban J connectivity index is 2.42. The molecule has 2 rings (SSSR count). The van der Waals surface area contributed by atoms with Crippen molar-refractivity contribution in [2.24, 2.45) is 0 Å². The molecule has 3 heteroatoms. The van der Waals surface area contributed by atoms with Crippen molar-refractivity contribution in [2.75, 3.05) is 13.7 Å². The third-order valence-electron chi connectivity index (χ3n) is 3.82. The number of fused-ring (bicyclic) bond motifs is 1. The molecule has 1 aliphatic rings. The summed E-state index contributed by atoms with van der Waals surface area (Å²) in [6.45, 7) is 7.86. The van der Waals surface area contributed by atoms with Gasteiger partial charge in [-0.2, -0.15) is 11.8 Å². The summed E-state index contributed by atoms with van der Waals surface area (Å²) in [4.78, 5) is 0. The van der Waals surface area contributed by atoms with Crippen molar-refractivity contribution < 1.29 is 4.74 Å². The molecule has 19 heavy (non-hydrogen) atoms. The Bertz CT molecular complexity index is 433. The normalized spacial score (nSPS) is 22.7. The first kappa shape index (κ1) is 14.7. The van der Waals surface area contributed by atoms with Gasteiger partial charge in [0.1, 0.15) is 5.75 Å². The third-order valence-corrected chi connectivity index (χ3v) is 5.04. The molecule has 1 aromatic rings. The van der Waals surface area contributed by atoms with Gasteiger partial charge in [0.15, 0.2) is 0 Å². The van der Waals surface area contributed by atoms with Gasteiger partial charge in [-0.15, -0.1) is 0 Å². The molecule has 1 N–H and O–H groups in total. The van der Waals surface area contributed by atoms with Crippen LogP contribution in [0.3, 0.4) is 0 Å². The van der Waals surface area contributed by atoms with Crippen LogP contribution in [-0.4, -0.2) is 18.9 Å². The molecule has 2 atom stereocenters. The van der Waals surface area contributed by atoms with E-state index in [1.165, 1.54) is 29.5 Å². The first-order chi connectivity index (χ1) is 9.17. The van der Waals surface area contributed by atoms with E-state index >= 15 is 0 Å². The average molecular weight is 279 g/mol. The molecular formula is C16H25NOS. The van der Waals surface area contributed by atoms with Gasteiger partial charge in [0, 0.05) is 22.6 Å². The maximum Gasteiger partial charge on any atom is 0.123 e. The zero-order chi connectivity index (χ0) is 13.8. The second kappa shape index (κ2) is 6.67. The van der Waals surface area contributed by atoms with Gasteiger partial charge in [-0.25, -0.2) is 0 Å². The van der Waals surface area contributed by atoms with E-state index in [2.05, 4.69) is 38.2 Å². The monoisotopic (exact) mass is 279 g/mol. The van der Waals surface area contributed by atoms with E-state index in [-0.39, 0.29) is 0 Å². The second-order valence-electron chi connectivity index (χ2n) is 5.34. The Labute approximate surface area is 121 Å². The predicted octanol–water partition coefficient (Wildman–Crippen LogP) is 4.07.